The van der Waals surface area contributed by atoms with Crippen LogP contribution in [0.5, 0.6) is 0 Å². The summed E-state index contributed by atoms with van der Waals surface area (Å²) < 4.78 is 0. The molecule has 0 aliphatic heterocycles. The smallest absolute Gasteiger partial charge is 0.243 e. The maximum atomic E-state index is 11.1. The lowest BCUT2D eigenvalue weighted by atomic mass is 10.1. The average Bonchev–Trinajstić information content (AvgIpc) is 3.18. The van der Waals surface area contributed by atoms with Gasteiger partial charge in [0.05, 0.1) is 0 Å². The number of carbonyl (C=O) groups excluding carboxylic acids is 5. The Hall–Kier alpha value is -3.81. The molecule has 450 valence electrons. The fraction of sp³-hybridized carbons (Fsp3) is 0.742. The molecule has 3 amide bonds. The minimum absolute atomic E-state index is 0. The standard InChI is InChI=1S/2C10H19NO.C10H18O.C9H17NO.C9H16O.C9H18.C2H6.7CH4/c1-8(2)6-5-7-11-10(12)9(3)4;1-8(2)6-5-7-10(12)11-9(3)4;1-8(2)6-5-7-10(11)9(3)4;1-7(2)5-6-9(11)10-8(3)4;1-7(2)5-6-9(10)8(3)4;1-8(2)6-5-7-9(3)4;1-2;;;;;;;/h2*5-6,8-9H,7H2,1-4H3,(H,11,12);5-6,8-9H,7H2,1-4H3;5-8H,1-4H3,(H,10,11);5-8H,1-4H3;5-6,8-9H,7H2,1-4H3;1-2H3;7*1H4/b6*6-5+;;;;;;;;. The van der Waals surface area contributed by atoms with Crippen molar-refractivity contribution in [2.75, 3.05) is 6.54 Å². The van der Waals surface area contributed by atoms with Crippen LogP contribution < -0.4 is 16.0 Å². The van der Waals surface area contributed by atoms with Gasteiger partial charge in [0, 0.05) is 49.2 Å². The topological polar surface area (TPSA) is 121 Å². The fourth-order valence-electron chi connectivity index (χ4n) is 3.94. The zero-order chi connectivity index (χ0) is 54.2. The molecule has 3 N–H and O–H groups in total. The second kappa shape index (κ2) is 73.4. The third-order valence-corrected chi connectivity index (χ3v) is 7.60. The van der Waals surface area contributed by atoms with Crippen LogP contribution in [0.25, 0.3) is 0 Å². The highest BCUT2D eigenvalue weighted by atomic mass is 16.2. The van der Waals surface area contributed by atoms with Crippen molar-refractivity contribution in [1.82, 2.24) is 16.0 Å². The highest BCUT2D eigenvalue weighted by Crippen LogP contribution is 2.04. The van der Waals surface area contributed by atoms with Crippen LogP contribution in [0.15, 0.2) is 72.9 Å². The largest absolute Gasteiger partial charge is 0.354 e. The lowest BCUT2D eigenvalue weighted by Crippen LogP contribution is -2.29. The number of carbonyl (C=O) groups is 5. The molecule has 0 aromatic heterocycles. The van der Waals surface area contributed by atoms with Gasteiger partial charge in [-0.3, -0.25) is 24.0 Å². The van der Waals surface area contributed by atoms with Gasteiger partial charge in [-0.05, 0) is 87.7 Å². The van der Waals surface area contributed by atoms with E-state index in [1.54, 1.807) is 12.2 Å². The molecule has 0 spiro atoms. The summed E-state index contributed by atoms with van der Waals surface area (Å²) in [7, 11) is 0. The normalized spacial score (nSPS) is 10.4. The summed E-state index contributed by atoms with van der Waals surface area (Å²) in [6.45, 7) is 53.7. The van der Waals surface area contributed by atoms with Crippen LogP contribution in [0, 0.1) is 59.2 Å². The Morgan fingerprint density at radius 1 is 0.378 bits per heavy atom. The maximum Gasteiger partial charge on any atom is 0.243 e. The molecule has 0 fully saturated rings. The van der Waals surface area contributed by atoms with Gasteiger partial charge < -0.3 is 16.0 Å². The van der Waals surface area contributed by atoms with Crippen molar-refractivity contribution in [3.63, 3.8) is 0 Å². The molecule has 0 aromatic carbocycles. The predicted octanol–water partition coefficient (Wildman–Crippen LogP) is 19.8. The molecule has 0 rings (SSSR count). The second-order valence-corrected chi connectivity index (χ2v) is 20.4. The Balaban J connectivity index is -0.0000000475. The first kappa shape index (κ1) is 106. The fourth-order valence-corrected chi connectivity index (χ4v) is 3.94. The number of hydrogen-bond acceptors (Lipinski definition) is 5. The molecule has 0 saturated heterocycles. The quantitative estimate of drug-likeness (QED) is 0.0781. The number of ketones is 2. The van der Waals surface area contributed by atoms with Crippen molar-refractivity contribution in [2.24, 2.45) is 59.2 Å². The van der Waals surface area contributed by atoms with E-state index in [-0.39, 0.29) is 105 Å². The van der Waals surface area contributed by atoms with Gasteiger partial charge in [-0.1, -0.05) is 265 Å². The Bertz CT molecular complexity index is 1350. The molecule has 0 heterocycles. The van der Waals surface area contributed by atoms with Crippen LogP contribution in [0.4, 0.5) is 0 Å². The zero-order valence-electron chi connectivity index (χ0n) is 48.7. The summed E-state index contributed by atoms with van der Waals surface area (Å²) in [4.78, 5) is 55.1. The van der Waals surface area contributed by atoms with Gasteiger partial charge in [0.15, 0.2) is 5.78 Å². The lowest BCUT2D eigenvalue weighted by Gasteiger charge is -2.05. The molecule has 0 atom stereocenters. The van der Waals surface area contributed by atoms with E-state index in [2.05, 4.69) is 123 Å². The average molecular weight is 1060 g/mol. The van der Waals surface area contributed by atoms with E-state index in [1.807, 2.05) is 133 Å². The van der Waals surface area contributed by atoms with Crippen molar-refractivity contribution in [3.8, 4) is 0 Å². The highest BCUT2D eigenvalue weighted by Gasteiger charge is 2.05. The van der Waals surface area contributed by atoms with E-state index in [4.69, 9.17) is 0 Å². The number of Topliss-reactive ketones (excluding diaryl/α,β-unsaturated/α-hetero) is 1. The first-order valence-corrected chi connectivity index (χ1v) is 25.7. The second-order valence-electron chi connectivity index (χ2n) is 20.4. The Morgan fingerprint density at radius 3 is 1.03 bits per heavy atom. The van der Waals surface area contributed by atoms with E-state index in [0.29, 0.717) is 60.7 Å². The van der Waals surface area contributed by atoms with Gasteiger partial charge in [0.25, 0.3) is 0 Å². The van der Waals surface area contributed by atoms with Crippen LogP contribution in [-0.2, 0) is 24.0 Å². The highest BCUT2D eigenvalue weighted by molar-refractivity contribution is 5.91. The van der Waals surface area contributed by atoms with Gasteiger partial charge in [-0.2, -0.15) is 0 Å². The summed E-state index contributed by atoms with van der Waals surface area (Å²) in [5.41, 5.74) is 0. The molecular formula is C66H141N3O5. The van der Waals surface area contributed by atoms with Gasteiger partial charge in [-0.15, -0.1) is 0 Å². The molecular weight excluding hydrogens is 915 g/mol. The number of nitrogens with one attached hydrogen (secondary N) is 3. The van der Waals surface area contributed by atoms with E-state index in [9.17, 15) is 24.0 Å². The van der Waals surface area contributed by atoms with Crippen LogP contribution in [0.2, 0.25) is 0 Å². The summed E-state index contributed by atoms with van der Waals surface area (Å²) >= 11 is 0. The summed E-state index contributed by atoms with van der Waals surface area (Å²) in [6.07, 6.45) is 26.0. The minimum atomic E-state index is -0.00583. The number of allylic oxidation sites excluding steroid dienone is 9. The van der Waals surface area contributed by atoms with Gasteiger partial charge in [-0.25, -0.2) is 0 Å². The Kier molecular flexibility index (Phi) is 106. The Labute approximate surface area is 469 Å². The molecule has 0 saturated carbocycles. The Morgan fingerprint density at radius 2 is 0.716 bits per heavy atom. The number of amides is 3. The monoisotopic (exact) mass is 1060 g/mol. The molecule has 0 unspecified atom stereocenters. The number of hydrogen-bond donors (Lipinski definition) is 3. The predicted molar refractivity (Wildman–Crippen MR) is 345 cm³/mol. The molecule has 8 nitrogen and oxygen atoms in total. The van der Waals surface area contributed by atoms with Crippen molar-refractivity contribution in [3.05, 3.63) is 72.9 Å². The lowest BCUT2D eigenvalue weighted by molar-refractivity contribution is -0.124. The van der Waals surface area contributed by atoms with Crippen LogP contribution in [-0.4, -0.2) is 47.9 Å². The summed E-state index contributed by atoms with van der Waals surface area (Å²) in [6, 6.07) is 0.462. The van der Waals surface area contributed by atoms with Crippen molar-refractivity contribution >= 4 is 29.3 Å². The van der Waals surface area contributed by atoms with Crippen LogP contribution >= 0.6 is 0 Å². The molecule has 0 radical (unpaired) electrons. The molecule has 0 bridgehead atoms. The third-order valence-electron chi connectivity index (χ3n) is 7.60. The zero-order valence-corrected chi connectivity index (χ0v) is 48.7. The number of rotatable bonds is 21. The summed E-state index contributed by atoms with van der Waals surface area (Å²) in [5.74, 6) is 5.20. The summed E-state index contributed by atoms with van der Waals surface area (Å²) in [5, 5.41) is 8.41. The molecule has 0 aliphatic carbocycles. The van der Waals surface area contributed by atoms with Crippen LogP contribution in [0.1, 0.15) is 251 Å². The van der Waals surface area contributed by atoms with Gasteiger partial charge in [0.1, 0.15) is 5.78 Å². The molecule has 74 heavy (non-hydrogen) atoms. The molecule has 0 aromatic rings. The van der Waals surface area contributed by atoms with E-state index in [0.717, 1.165) is 5.92 Å². The van der Waals surface area contributed by atoms with Gasteiger partial charge >= 0.3 is 0 Å². The molecule has 8 heteroatoms. The first-order valence-electron chi connectivity index (χ1n) is 25.7. The van der Waals surface area contributed by atoms with E-state index in [1.165, 1.54) is 6.42 Å². The first-order chi connectivity index (χ1) is 30.8. The van der Waals surface area contributed by atoms with Crippen LogP contribution in [0.3, 0.4) is 0 Å². The van der Waals surface area contributed by atoms with E-state index >= 15 is 0 Å². The van der Waals surface area contributed by atoms with Crippen molar-refractivity contribution in [2.45, 2.75) is 263 Å². The maximum absolute atomic E-state index is 11.1. The molecule has 0 aliphatic rings. The van der Waals surface area contributed by atoms with Crippen molar-refractivity contribution in [1.29, 1.82) is 0 Å². The van der Waals surface area contributed by atoms with E-state index < -0.39 is 0 Å². The third kappa shape index (κ3) is 117. The SMILES string of the molecule is C.C.C.C.C.C.C.CC.CC(C)/C=C/C(=O)C(C)C.CC(C)/C=C/C(=O)NC(C)C.CC(C)/C=C/CC(=O)C(C)C.CC(C)/C=C/CC(=O)NC(C)C.CC(C)/C=C/CC(C)C.CC(C)/C=C/CNC(=O)C(C)C. The van der Waals surface area contributed by atoms with Crippen molar-refractivity contribution < 1.29 is 24.0 Å². The minimum Gasteiger partial charge on any atom is -0.354 e. The van der Waals surface area contributed by atoms with Gasteiger partial charge in [0.2, 0.25) is 17.7 Å².